The summed E-state index contributed by atoms with van der Waals surface area (Å²) in [6.07, 6.45) is 3.42. The molecule has 3 amide bonds. The number of carbonyl (C=O) groups excluding carboxylic acids is 3. The lowest BCUT2D eigenvalue weighted by atomic mass is 9.82. The second-order valence-corrected chi connectivity index (χ2v) is 10.5. The molecule has 2 N–H and O–H groups in total. The number of hydrogen-bond donors (Lipinski definition) is 2. The lowest BCUT2D eigenvalue weighted by molar-refractivity contribution is -0.143. The van der Waals surface area contributed by atoms with Crippen LogP contribution in [-0.2, 0) is 20.8 Å². The van der Waals surface area contributed by atoms with E-state index in [9.17, 15) is 24.3 Å². The van der Waals surface area contributed by atoms with Gasteiger partial charge in [0.25, 0.3) is 11.8 Å². The van der Waals surface area contributed by atoms with Crippen molar-refractivity contribution in [2.75, 3.05) is 20.2 Å². The minimum absolute atomic E-state index is 0.0363. The molecule has 1 heterocycles. The number of carboxylic acid groups (broad SMARTS) is 1. The minimum atomic E-state index is -1.17. The summed E-state index contributed by atoms with van der Waals surface area (Å²) >= 11 is 0. The number of aliphatic carboxylic acids is 1. The fourth-order valence-corrected chi connectivity index (χ4v) is 5.71. The number of ether oxygens (including phenoxy) is 1. The van der Waals surface area contributed by atoms with Crippen LogP contribution in [0.4, 0.5) is 0 Å². The van der Waals surface area contributed by atoms with E-state index in [1.807, 2.05) is 19.1 Å². The van der Waals surface area contributed by atoms with E-state index in [0.717, 1.165) is 43.2 Å². The van der Waals surface area contributed by atoms with Gasteiger partial charge in [0.1, 0.15) is 5.75 Å². The van der Waals surface area contributed by atoms with Gasteiger partial charge in [-0.25, -0.2) is 0 Å². The molecular weight excluding hydrogens is 498 g/mol. The summed E-state index contributed by atoms with van der Waals surface area (Å²) in [5, 5.41) is 12.5. The molecule has 2 aliphatic rings. The molecule has 1 saturated heterocycles. The van der Waals surface area contributed by atoms with Gasteiger partial charge in [0.2, 0.25) is 5.91 Å². The molecule has 9 heteroatoms. The van der Waals surface area contributed by atoms with Crippen LogP contribution in [0.3, 0.4) is 0 Å². The molecule has 0 bridgehead atoms. The number of benzene rings is 2. The minimum Gasteiger partial charge on any atom is -0.497 e. The molecule has 2 fully saturated rings. The van der Waals surface area contributed by atoms with Crippen molar-refractivity contribution in [2.45, 2.75) is 64.1 Å². The third kappa shape index (κ3) is 6.96. The van der Waals surface area contributed by atoms with Crippen molar-refractivity contribution in [3.8, 4) is 5.75 Å². The quantitative estimate of drug-likeness (QED) is 0.509. The Bertz CT molecular complexity index is 1210. The maximum atomic E-state index is 13.8. The number of amides is 3. The highest BCUT2D eigenvalue weighted by Gasteiger charge is 2.44. The number of rotatable bonds is 9. The summed E-state index contributed by atoms with van der Waals surface area (Å²) in [6, 6.07) is 13.7. The van der Waals surface area contributed by atoms with Crippen LogP contribution in [0.1, 0.15) is 60.0 Å². The molecular formula is C30H37N3O6. The van der Waals surface area contributed by atoms with Crippen molar-refractivity contribution >= 4 is 23.7 Å². The van der Waals surface area contributed by atoms with E-state index in [1.54, 1.807) is 43.5 Å². The largest absolute Gasteiger partial charge is 0.497 e. The molecule has 39 heavy (non-hydrogen) atoms. The first-order chi connectivity index (χ1) is 18.8. The van der Waals surface area contributed by atoms with Crippen LogP contribution in [-0.4, -0.2) is 71.0 Å². The number of methoxy groups -OCH3 is 1. The lowest BCUT2D eigenvalue weighted by Crippen LogP contribution is -2.57. The Balaban J connectivity index is 1.61. The summed E-state index contributed by atoms with van der Waals surface area (Å²) in [6.45, 7) is 2.28. The second kappa shape index (κ2) is 12.8. The van der Waals surface area contributed by atoms with E-state index in [-0.39, 0.29) is 43.7 Å². The highest BCUT2D eigenvalue weighted by atomic mass is 16.5. The van der Waals surface area contributed by atoms with Crippen LogP contribution in [0.2, 0.25) is 0 Å². The van der Waals surface area contributed by atoms with Gasteiger partial charge in [0.15, 0.2) is 6.17 Å². The number of nitrogens with zero attached hydrogens (tertiary/aromatic N) is 2. The highest BCUT2D eigenvalue weighted by molar-refractivity contribution is 5.99. The van der Waals surface area contributed by atoms with Gasteiger partial charge >= 0.3 is 5.97 Å². The van der Waals surface area contributed by atoms with E-state index >= 15 is 0 Å². The highest BCUT2D eigenvalue weighted by Crippen LogP contribution is 2.29. The van der Waals surface area contributed by atoms with Crippen LogP contribution >= 0.6 is 0 Å². The van der Waals surface area contributed by atoms with Crippen molar-refractivity contribution in [3.63, 3.8) is 0 Å². The molecule has 9 nitrogen and oxygen atoms in total. The zero-order chi connectivity index (χ0) is 27.9. The van der Waals surface area contributed by atoms with Crippen LogP contribution in [0.15, 0.2) is 48.5 Å². The van der Waals surface area contributed by atoms with Gasteiger partial charge in [-0.15, -0.1) is 0 Å². The van der Waals surface area contributed by atoms with Gasteiger partial charge in [-0.2, -0.15) is 0 Å². The molecule has 2 aromatic carbocycles. The fourth-order valence-electron chi connectivity index (χ4n) is 5.71. The molecule has 1 aliphatic heterocycles. The molecule has 1 aliphatic carbocycles. The molecule has 2 unspecified atom stereocenters. The van der Waals surface area contributed by atoms with E-state index in [1.165, 1.54) is 9.80 Å². The predicted octanol–water partition coefficient (Wildman–Crippen LogP) is 3.40. The summed E-state index contributed by atoms with van der Waals surface area (Å²) in [4.78, 5) is 55.5. The van der Waals surface area contributed by atoms with Gasteiger partial charge in [0, 0.05) is 24.7 Å². The molecule has 4 rings (SSSR count). The van der Waals surface area contributed by atoms with Crippen molar-refractivity contribution in [1.82, 2.24) is 15.1 Å². The standard InChI is InChI=1S/C30H37N3O6/c1-20-8-6-12-23(16-20)30(38)33-15-14-32(26(34)18-21-9-7-13-24(17-21)39-2)29(33)28(37)31-25(19-27(35)36)22-10-4-3-5-11-22/h6-9,12-13,16-17,22,25,29H,3-5,10-11,14-15,18-19H2,1-2H3,(H,31,37)(H,35,36). The van der Waals surface area contributed by atoms with Gasteiger partial charge < -0.3 is 25.0 Å². The Kier molecular flexibility index (Phi) is 9.22. The van der Waals surface area contributed by atoms with E-state index in [4.69, 9.17) is 4.74 Å². The molecule has 208 valence electrons. The maximum absolute atomic E-state index is 13.8. The van der Waals surface area contributed by atoms with Gasteiger partial charge in [-0.3, -0.25) is 19.2 Å². The summed E-state index contributed by atoms with van der Waals surface area (Å²) < 4.78 is 5.27. The third-order valence-electron chi connectivity index (χ3n) is 7.68. The van der Waals surface area contributed by atoms with E-state index < -0.39 is 24.1 Å². The summed E-state index contributed by atoms with van der Waals surface area (Å²) in [7, 11) is 1.55. The summed E-state index contributed by atoms with van der Waals surface area (Å²) in [5.74, 6) is -1.49. The van der Waals surface area contributed by atoms with Crippen molar-refractivity contribution in [3.05, 3.63) is 65.2 Å². The van der Waals surface area contributed by atoms with Crippen LogP contribution in [0, 0.1) is 12.8 Å². The summed E-state index contributed by atoms with van der Waals surface area (Å²) in [5.41, 5.74) is 2.07. The predicted molar refractivity (Wildman–Crippen MR) is 145 cm³/mol. The Morgan fingerprint density at radius 2 is 1.72 bits per heavy atom. The van der Waals surface area contributed by atoms with E-state index in [2.05, 4.69) is 5.32 Å². The molecule has 0 spiro atoms. The number of carbonyl (C=O) groups is 4. The van der Waals surface area contributed by atoms with Gasteiger partial charge in [0.05, 0.1) is 20.0 Å². The average Bonchev–Trinajstić information content (AvgIpc) is 3.38. The number of hydrogen-bond acceptors (Lipinski definition) is 5. The van der Waals surface area contributed by atoms with E-state index in [0.29, 0.717) is 11.3 Å². The fraction of sp³-hybridized carbons (Fsp3) is 0.467. The number of aryl methyl sites for hydroxylation is 1. The first kappa shape index (κ1) is 28.1. The maximum Gasteiger partial charge on any atom is 0.305 e. The zero-order valence-electron chi connectivity index (χ0n) is 22.6. The Hall–Kier alpha value is -3.88. The Morgan fingerprint density at radius 3 is 2.41 bits per heavy atom. The van der Waals surface area contributed by atoms with Crippen LogP contribution < -0.4 is 10.1 Å². The molecule has 0 radical (unpaired) electrons. The first-order valence-electron chi connectivity index (χ1n) is 13.6. The van der Waals surface area contributed by atoms with Gasteiger partial charge in [-0.05, 0) is 55.5 Å². The van der Waals surface area contributed by atoms with Crippen LogP contribution in [0.5, 0.6) is 5.75 Å². The van der Waals surface area contributed by atoms with Crippen molar-refractivity contribution < 1.29 is 29.0 Å². The molecule has 0 aromatic heterocycles. The normalized spacial score (nSPS) is 18.5. The topological polar surface area (TPSA) is 116 Å². The molecule has 1 saturated carbocycles. The lowest BCUT2D eigenvalue weighted by Gasteiger charge is -2.34. The molecule has 2 aromatic rings. The monoisotopic (exact) mass is 535 g/mol. The first-order valence-corrected chi connectivity index (χ1v) is 13.6. The SMILES string of the molecule is COc1cccc(CC(=O)N2CCN(C(=O)c3cccc(C)c3)C2C(=O)NC(CC(=O)O)C2CCCCC2)c1. The Labute approximate surface area is 229 Å². The third-order valence-corrected chi connectivity index (χ3v) is 7.68. The second-order valence-electron chi connectivity index (χ2n) is 10.5. The smallest absolute Gasteiger partial charge is 0.305 e. The van der Waals surface area contributed by atoms with Gasteiger partial charge in [-0.1, -0.05) is 49.1 Å². The van der Waals surface area contributed by atoms with Crippen molar-refractivity contribution in [1.29, 1.82) is 0 Å². The van der Waals surface area contributed by atoms with Crippen molar-refractivity contribution in [2.24, 2.45) is 5.92 Å². The zero-order valence-corrected chi connectivity index (χ0v) is 22.6. The average molecular weight is 536 g/mol. The number of carboxylic acids is 1. The molecule has 2 atom stereocenters. The Morgan fingerprint density at radius 1 is 1.00 bits per heavy atom. The van der Waals surface area contributed by atoms with Crippen LogP contribution in [0.25, 0.3) is 0 Å². The number of nitrogens with one attached hydrogen (secondary N) is 1.